The summed E-state index contributed by atoms with van der Waals surface area (Å²) < 4.78 is 5.52. The molecule has 6 heteroatoms. The molecular formula is C13H16N4OS. The molecule has 2 aromatic rings. The van der Waals surface area contributed by atoms with Crippen LogP contribution in [0, 0.1) is 0 Å². The Kier molecular flexibility index (Phi) is 4.74. The minimum absolute atomic E-state index is 0.543. The van der Waals surface area contributed by atoms with Gasteiger partial charge in [-0.1, -0.05) is 12.1 Å². The number of anilines is 1. The number of H-pyrrole nitrogens is 1. The monoisotopic (exact) mass is 276 g/mol. The maximum Gasteiger partial charge on any atom is 0.171 e. The highest BCUT2D eigenvalue weighted by Gasteiger charge is 2.04. The van der Waals surface area contributed by atoms with E-state index in [4.69, 9.17) is 17.0 Å². The molecule has 0 aliphatic carbocycles. The van der Waals surface area contributed by atoms with Crippen LogP contribution < -0.4 is 15.4 Å². The Morgan fingerprint density at radius 1 is 1.37 bits per heavy atom. The van der Waals surface area contributed by atoms with Crippen molar-refractivity contribution in [1.82, 2.24) is 15.5 Å². The van der Waals surface area contributed by atoms with Crippen LogP contribution in [0.15, 0.2) is 36.5 Å². The molecule has 0 aliphatic heterocycles. The van der Waals surface area contributed by atoms with E-state index in [2.05, 4.69) is 20.8 Å². The second-order valence-electron chi connectivity index (χ2n) is 3.82. The molecule has 1 aromatic heterocycles. The summed E-state index contributed by atoms with van der Waals surface area (Å²) in [6.07, 6.45) is 1.71. The van der Waals surface area contributed by atoms with Gasteiger partial charge < -0.3 is 15.4 Å². The molecule has 0 fully saturated rings. The quantitative estimate of drug-likeness (QED) is 0.731. The van der Waals surface area contributed by atoms with Crippen LogP contribution in [-0.2, 0) is 6.54 Å². The summed E-state index contributed by atoms with van der Waals surface area (Å²) in [5, 5.41) is 13.5. The van der Waals surface area contributed by atoms with Crippen molar-refractivity contribution in [2.24, 2.45) is 0 Å². The minimum Gasteiger partial charge on any atom is -0.492 e. The molecule has 0 atom stereocenters. The van der Waals surface area contributed by atoms with Crippen molar-refractivity contribution in [2.75, 3.05) is 11.9 Å². The van der Waals surface area contributed by atoms with Crippen molar-refractivity contribution >= 4 is 23.0 Å². The van der Waals surface area contributed by atoms with Crippen LogP contribution in [0.2, 0.25) is 0 Å². The van der Waals surface area contributed by atoms with Gasteiger partial charge in [0.1, 0.15) is 5.75 Å². The van der Waals surface area contributed by atoms with Gasteiger partial charge in [0.2, 0.25) is 0 Å². The third-order valence-electron chi connectivity index (χ3n) is 2.43. The van der Waals surface area contributed by atoms with Crippen LogP contribution in [0.1, 0.15) is 12.6 Å². The van der Waals surface area contributed by atoms with E-state index in [1.807, 2.05) is 37.3 Å². The molecular weight excluding hydrogens is 260 g/mol. The predicted octanol–water partition coefficient (Wildman–Crippen LogP) is 2.29. The van der Waals surface area contributed by atoms with E-state index in [9.17, 15) is 0 Å². The molecule has 0 spiro atoms. The van der Waals surface area contributed by atoms with Crippen molar-refractivity contribution in [3.8, 4) is 5.75 Å². The molecule has 0 saturated heterocycles. The smallest absolute Gasteiger partial charge is 0.171 e. The van der Waals surface area contributed by atoms with Gasteiger partial charge in [0.15, 0.2) is 5.11 Å². The van der Waals surface area contributed by atoms with Crippen molar-refractivity contribution in [1.29, 1.82) is 0 Å². The highest BCUT2D eigenvalue weighted by Crippen LogP contribution is 2.23. The van der Waals surface area contributed by atoms with Gasteiger partial charge in [0.25, 0.3) is 0 Å². The molecule has 100 valence electrons. The Labute approximate surface area is 117 Å². The van der Waals surface area contributed by atoms with E-state index in [1.54, 1.807) is 6.20 Å². The molecule has 1 heterocycles. The number of aromatic nitrogens is 2. The predicted molar refractivity (Wildman–Crippen MR) is 79.3 cm³/mol. The second kappa shape index (κ2) is 6.75. The summed E-state index contributed by atoms with van der Waals surface area (Å²) in [5.74, 6) is 0.788. The highest BCUT2D eigenvalue weighted by atomic mass is 32.1. The zero-order chi connectivity index (χ0) is 13.5. The van der Waals surface area contributed by atoms with Crippen LogP contribution in [0.25, 0.3) is 0 Å². The number of hydrogen-bond donors (Lipinski definition) is 3. The van der Waals surface area contributed by atoms with Crippen molar-refractivity contribution in [3.63, 3.8) is 0 Å². The Hall–Kier alpha value is -2.08. The lowest BCUT2D eigenvalue weighted by Crippen LogP contribution is -2.28. The topological polar surface area (TPSA) is 62.0 Å². The molecule has 0 bridgehead atoms. The largest absolute Gasteiger partial charge is 0.492 e. The van der Waals surface area contributed by atoms with E-state index in [-0.39, 0.29) is 0 Å². The maximum atomic E-state index is 5.52. The molecule has 0 aliphatic rings. The Morgan fingerprint density at radius 3 is 2.95 bits per heavy atom. The number of benzene rings is 1. The number of nitrogens with one attached hydrogen (secondary N) is 3. The molecule has 5 nitrogen and oxygen atoms in total. The third kappa shape index (κ3) is 3.96. The Bertz CT molecular complexity index is 527. The van der Waals surface area contributed by atoms with Gasteiger partial charge >= 0.3 is 0 Å². The maximum absolute atomic E-state index is 5.52. The molecule has 1 aromatic carbocycles. The summed E-state index contributed by atoms with van der Waals surface area (Å²) in [6, 6.07) is 9.59. The average molecular weight is 276 g/mol. The van der Waals surface area contributed by atoms with E-state index in [0.29, 0.717) is 18.3 Å². The summed E-state index contributed by atoms with van der Waals surface area (Å²) in [4.78, 5) is 0. The number of thiocarbonyl (C=S) groups is 1. The molecule has 0 radical (unpaired) electrons. The molecule has 0 unspecified atom stereocenters. The first-order valence-electron chi connectivity index (χ1n) is 6.04. The number of nitrogens with zero attached hydrogens (tertiary/aromatic N) is 1. The fraction of sp³-hybridized carbons (Fsp3) is 0.231. The second-order valence-corrected chi connectivity index (χ2v) is 4.23. The summed E-state index contributed by atoms with van der Waals surface area (Å²) in [6.45, 7) is 3.17. The lowest BCUT2D eigenvalue weighted by atomic mass is 10.3. The average Bonchev–Trinajstić information content (AvgIpc) is 2.92. The molecule has 2 rings (SSSR count). The van der Waals surface area contributed by atoms with E-state index >= 15 is 0 Å². The molecule has 0 saturated carbocycles. The number of para-hydroxylation sites is 2. The van der Waals surface area contributed by atoms with Crippen molar-refractivity contribution < 1.29 is 4.74 Å². The molecule has 3 N–H and O–H groups in total. The van der Waals surface area contributed by atoms with E-state index in [1.165, 1.54) is 0 Å². The van der Waals surface area contributed by atoms with Crippen LogP contribution in [0.5, 0.6) is 5.75 Å². The van der Waals surface area contributed by atoms with Crippen LogP contribution in [-0.4, -0.2) is 21.9 Å². The summed E-state index contributed by atoms with van der Waals surface area (Å²) in [7, 11) is 0. The van der Waals surface area contributed by atoms with Gasteiger partial charge in [-0.25, -0.2) is 0 Å². The third-order valence-corrected chi connectivity index (χ3v) is 2.68. The number of hydrogen-bond acceptors (Lipinski definition) is 3. The van der Waals surface area contributed by atoms with Crippen molar-refractivity contribution in [3.05, 3.63) is 42.2 Å². The van der Waals surface area contributed by atoms with Gasteiger partial charge in [0.05, 0.1) is 24.5 Å². The zero-order valence-electron chi connectivity index (χ0n) is 10.6. The minimum atomic E-state index is 0.543. The fourth-order valence-electron chi connectivity index (χ4n) is 1.58. The Balaban J connectivity index is 1.91. The molecule has 19 heavy (non-hydrogen) atoms. The summed E-state index contributed by atoms with van der Waals surface area (Å²) >= 11 is 5.24. The number of rotatable bonds is 5. The first kappa shape index (κ1) is 13.4. The van der Waals surface area contributed by atoms with Crippen LogP contribution in [0.4, 0.5) is 5.69 Å². The van der Waals surface area contributed by atoms with E-state index in [0.717, 1.165) is 17.1 Å². The lowest BCUT2D eigenvalue weighted by Gasteiger charge is -2.13. The van der Waals surface area contributed by atoms with Crippen LogP contribution in [0.3, 0.4) is 0 Å². The van der Waals surface area contributed by atoms with E-state index < -0.39 is 0 Å². The zero-order valence-corrected chi connectivity index (χ0v) is 11.5. The van der Waals surface area contributed by atoms with Gasteiger partial charge in [-0.2, -0.15) is 5.10 Å². The van der Waals surface area contributed by atoms with Gasteiger partial charge in [-0.3, -0.25) is 5.10 Å². The van der Waals surface area contributed by atoms with Gasteiger partial charge in [0, 0.05) is 6.20 Å². The fourth-order valence-corrected chi connectivity index (χ4v) is 1.76. The lowest BCUT2D eigenvalue weighted by molar-refractivity contribution is 0.342. The number of aromatic amines is 1. The SMILES string of the molecule is CCOc1ccccc1NC(=S)NCc1ccn[nH]1. The standard InChI is InChI=1S/C13H16N4OS/c1-2-18-12-6-4-3-5-11(12)16-13(19)14-9-10-7-8-15-17-10/h3-8H,2,9H2,1H3,(H,15,17)(H2,14,16,19). The molecule has 0 amide bonds. The highest BCUT2D eigenvalue weighted by molar-refractivity contribution is 7.80. The van der Waals surface area contributed by atoms with Gasteiger partial charge in [-0.15, -0.1) is 0 Å². The Morgan fingerprint density at radius 2 is 2.21 bits per heavy atom. The first-order chi connectivity index (χ1) is 9.29. The van der Waals surface area contributed by atoms with Crippen LogP contribution >= 0.6 is 12.2 Å². The number of ether oxygens (including phenoxy) is 1. The van der Waals surface area contributed by atoms with Gasteiger partial charge in [-0.05, 0) is 37.3 Å². The summed E-state index contributed by atoms with van der Waals surface area (Å²) in [5.41, 5.74) is 1.83. The van der Waals surface area contributed by atoms with Crippen molar-refractivity contribution in [2.45, 2.75) is 13.5 Å². The first-order valence-corrected chi connectivity index (χ1v) is 6.45. The normalized spacial score (nSPS) is 9.95.